The van der Waals surface area contributed by atoms with Crippen molar-refractivity contribution in [2.75, 3.05) is 24.3 Å². The lowest BCUT2D eigenvalue weighted by molar-refractivity contribution is -0.136. The van der Waals surface area contributed by atoms with Crippen LogP contribution in [0, 0.1) is 6.92 Å². The van der Waals surface area contributed by atoms with E-state index >= 15 is 0 Å². The zero-order valence-electron chi connectivity index (χ0n) is 13.6. The average molecular weight is 311 g/mol. The van der Waals surface area contributed by atoms with Crippen LogP contribution >= 0.6 is 0 Å². The molecule has 23 heavy (non-hydrogen) atoms. The van der Waals surface area contributed by atoms with Crippen molar-refractivity contribution in [3.8, 4) is 0 Å². The molecule has 120 valence electrons. The van der Waals surface area contributed by atoms with Gasteiger partial charge in [-0.1, -0.05) is 24.3 Å². The number of nitrogens with one attached hydrogen (secondary N) is 2. The molecule has 0 unspecified atom stereocenters. The molecular formula is C18H21N3O2. The molecule has 2 rings (SSSR count). The van der Waals surface area contributed by atoms with Gasteiger partial charge in [-0.2, -0.15) is 0 Å². The van der Waals surface area contributed by atoms with Gasteiger partial charge < -0.3 is 15.5 Å². The van der Waals surface area contributed by atoms with Crippen LogP contribution in [0.15, 0.2) is 48.5 Å². The number of rotatable bonds is 4. The third-order valence-electron chi connectivity index (χ3n) is 3.55. The van der Waals surface area contributed by atoms with Crippen LogP contribution in [0.1, 0.15) is 11.1 Å². The summed E-state index contributed by atoms with van der Waals surface area (Å²) in [5, 5.41) is 5.22. The molecular weight excluding hydrogens is 290 g/mol. The van der Waals surface area contributed by atoms with Gasteiger partial charge in [-0.3, -0.25) is 9.59 Å². The number of carbonyl (C=O) groups is 2. The van der Waals surface area contributed by atoms with E-state index in [1.165, 1.54) is 0 Å². The molecule has 0 aromatic heterocycles. The smallest absolute Gasteiger partial charge is 0.313 e. The molecule has 0 atom stereocenters. The first-order valence-corrected chi connectivity index (χ1v) is 7.38. The second kappa shape index (κ2) is 7.45. The first-order chi connectivity index (χ1) is 11.0. The predicted octanol–water partition coefficient (Wildman–Crippen LogP) is 2.32. The second-order valence-corrected chi connectivity index (χ2v) is 5.50. The Labute approximate surface area is 136 Å². The molecule has 0 saturated heterocycles. The summed E-state index contributed by atoms with van der Waals surface area (Å²) in [6.45, 7) is 2.30. The van der Waals surface area contributed by atoms with Gasteiger partial charge in [0.1, 0.15) is 0 Å². The second-order valence-electron chi connectivity index (χ2n) is 5.50. The number of carbonyl (C=O) groups excluding carboxylic acids is 2. The molecule has 0 bridgehead atoms. The van der Waals surface area contributed by atoms with E-state index in [0.717, 1.165) is 16.8 Å². The molecule has 5 nitrogen and oxygen atoms in total. The number of anilines is 2. The first kappa shape index (κ1) is 16.5. The van der Waals surface area contributed by atoms with Crippen LogP contribution in [0.25, 0.3) is 0 Å². The minimum atomic E-state index is -0.670. The molecule has 5 heteroatoms. The third-order valence-corrected chi connectivity index (χ3v) is 3.55. The topological polar surface area (TPSA) is 61.4 Å². The Morgan fingerprint density at radius 1 is 0.957 bits per heavy atom. The van der Waals surface area contributed by atoms with E-state index in [0.29, 0.717) is 12.2 Å². The van der Waals surface area contributed by atoms with Crippen LogP contribution in [-0.2, 0) is 16.1 Å². The van der Waals surface area contributed by atoms with E-state index in [1.807, 2.05) is 62.3 Å². The van der Waals surface area contributed by atoms with E-state index in [9.17, 15) is 9.59 Å². The number of hydrogen-bond acceptors (Lipinski definition) is 3. The third kappa shape index (κ3) is 4.57. The van der Waals surface area contributed by atoms with Gasteiger partial charge in [0.2, 0.25) is 0 Å². The molecule has 2 aromatic carbocycles. The van der Waals surface area contributed by atoms with Gasteiger partial charge in [-0.15, -0.1) is 0 Å². The molecule has 0 fully saturated rings. The highest BCUT2D eigenvalue weighted by molar-refractivity contribution is 6.39. The predicted molar refractivity (Wildman–Crippen MR) is 92.4 cm³/mol. The molecule has 0 spiro atoms. The van der Waals surface area contributed by atoms with E-state index < -0.39 is 11.8 Å². The number of aryl methyl sites for hydroxylation is 1. The number of amides is 2. The normalized spacial score (nSPS) is 10.0. The number of benzene rings is 2. The highest BCUT2D eigenvalue weighted by Gasteiger charge is 2.13. The van der Waals surface area contributed by atoms with Crippen molar-refractivity contribution in [2.45, 2.75) is 13.5 Å². The van der Waals surface area contributed by atoms with Gasteiger partial charge in [-0.05, 0) is 42.3 Å². The summed E-state index contributed by atoms with van der Waals surface area (Å²) in [6, 6.07) is 15.0. The molecule has 2 amide bonds. The summed E-state index contributed by atoms with van der Waals surface area (Å²) in [7, 11) is 3.87. The molecule has 0 aliphatic carbocycles. The lowest BCUT2D eigenvalue weighted by atomic mass is 10.1. The lowest BCUT2D eigenvalue weighted by Crippen LogP contribution is -2.35. The van der Waals surface area contributed by atoms with Crippen LogP contribution in [0.4, 0.5) is 11.4 Å². The Kier molecular flexibility index (Phi) is 5.36. The van der Waals surface area contributed by atoms with Gasteiger partial charge in [0, 0.05) is 32.0 Å². The standard InChI is InChI=1S/C18H21N3O2/c1-13-6-4-5-7-14(13)12-19-17(22)18(23)20-15-8-10-16(11-9-15)21(2)3/h4-11H,12H2,1-3H3,(H,19,22)(H,20,23). The Balaban J connectivity index is 1.90. The van der Waals surface area contributed by atoms with Crippen LogP contribution in [0.2, 0.25) is 0 Å². The minimum absolute atomic E-state index is 0.332. The number of nitrogens with zero attached hydrogens (tertiary/aromatic N) is 1. The lowest BCUT2D eigenvalue weighted by Gasteiger charge is -2.13. The molecule has 0 aliphatic heterocycles. The van der Waals surface area contributed by atoms with Crippen LogP contribution in [0.3, 0.4) is 0 Å². The maximum Gasteiger partial charge on any atom is 0.313 e. The number of hydrogen-bond donors (Lipinski definition) is 2. The minimum Gasteiger partial charge on any atom is -0.378 e. The summed E-state index contributed by atoms with van der Waals surface area (Å²) in [5.74, 6) is -1.32. The Bertz CT molecular complexity index is 694. The Morgan fingerprint density at radius 3 is 2.22 bits per heavy atom. The van der Waals surface area contributed by atoms with Crippen LogP contribution in [0.5, 0.6) is 0 Å². The summed E-state index contributed by atoms with van der Waals surface area (Å²) in [5.41, 5.74) is 3.68. The van der Waals surface area contributed by atoms with E-state index in [2.05, 4.69) is 10.6 Å². The first-order valence-electron chi connectivity index (χ1n) is 7.38. The SMILES string of the molecule is Cc1ccccc1CNC(=O)C(=O)Nc1ccc(N(C)C)cc1. The van der Waals surface area contributed by atoms with Crippen LogP contribution < -0.4 is 15.5 Å². The summed E-state index contributed by atoms with van der Waals surface area (Å²) >= 11 is 0. The van der Waals surface area contributed by atoms with Crippen molar-refractivity contribution in [3.63, 3.8) is 0 Å². The maximum atomic E-state index is 11.9. The molecule has 0 saturated carbocycles. The van der Waals surface area contributed by atoms with Crippen molar-refractivity contribution in [1.82, 2.24) is 5.32 Å². The van der Waals surface area contributed by atoms with Gasteiger partial charge in [0.15, 0.2) is 0 Å². The largest absolute Gasteiger partial charge is 0.378 e. The van der Waals surface area contributed by atoms with Crippen molar-refractivity contribution >= 4 is 23.2 Å². The van der Waals surface area contributed by atoms with E-state index in [4.69, 9.17) is 0 Å². The van der Waals surface area contributed by atoms with Gasteiger partial charge >= 0.3 is 11.8 Å². The Hall–Kier alpha value is -2.82. The van der Waals surface area contributed by atoms with E-state index in [1.54, 1.807) is 12.1 Å². The summed E-state index contributed by atoms with van der Waals surface area (Å²) in [4.78, 5) is 25.7. The monoisotopic (exact) mass is 311 g/mol. The molecule has 0 aliphatic rings. The van der Waals surface area contributed by atoms with Gasteiger partial charge in [0.25, 0.3) is 0 Å². The Morgan fingerprint density at radius 2 is 1.61 bits per heavy atom. The summed E-state index contributed by atoms with van der Waals surface area (Å²) < 4.78 is 0. The highest BCUT2D eigenvalue weighted by atomic mass is 16.2. The fraction of sp³-hybridized carbons (Fsp3) is 0.222. The van der Waals surface area contributed by atoms with Crippen molar-refractivity contribution in [3.05, 3.63) is 59.7 Å². The quantitative estimate of drug-likeness (QED) is 0.852. The van der Waals surface area contributed by atoms with Crippen molar-refractivity contribution in [1.29, 1.82) is 0 Å². The molecule has 2 aromatic rings. The van der Waals surface area contributed by atoms with Crippen molar-refractivity contribution in [2.24, 2.45) is 0 Å². The zero-order chi connectivity index (χ0) is 16.8. The summed E-state index contributed by atoms with van der Waals surface area (Å²) in [6.07, 6.45) is 0. The zero-order valence-corrected chi connectivity index (χ0v) is 13.6. The molecule has 2 N–H and O–H groups in total. The van der Waals surface area contributed by atoms with Crippen LogP contribution in [-0.4, -0.2) is 25.9 Å². The average Bonchev–Trinajstić information content (AvgIpc) is 2.54. The molecule has 0 heterocycles. The van der Waals surface area contributed by atoms with Gasteiger partial charge in [-0.25, -0.2) is 0 Å². The van der Waals surface area contributed by atoms with Gasteiger partial charge in [0.05, 0.1) is 0 Å². The fourth-order valence-corrected chi connectivity index (χ4v) is 2.09. The fourth-order valence-electron chi connectivity index (χ4n) is 2.09. The highest BCUT2D eigenvalue weighted by Crippen LogP contribution is 2.15. The molecule has 0 radical (unpaired) electrons. The maximum absolute atomic E-state index is 11.9. The van der Waals surface area contributed by atoms with Crippen molar-refractivity contribution < 1.29 is 9.59 Å². The van der Waals surface area contributed by atoms with E-state index in [-0.39, 0.29) is 0 Å².